The number of amides is 1. The van der Waals surface area contributed by atoms with E-state index in [-0.39, 0.29) is 17.4 Å². The zero-order valence-corrected chi connectivity index (χ0v) is 11.6. The molecule has 0 aliphatic heterocycles. The standard InChI is InChI=1S/C16H19NO3/c1-9-2-5-12(8-13(9)16(19)20)17-15(18)14-7-10-3-4-11(14)6-10/h2,5,8,10-11,14H,3-4,6-7H2,1H3,(H,17,18)(H,19,20). The van der Waals surface area contributed by atoms with E-state index in [1.54, 1.807) is 25.1 Å². The minimum Gasteiger partial charge on any atom is -0.478 e. The van der Waals surface area contributed by atoms with Gasteiger partial charge in [0.05, 0.1) is 5.56 Å². The van der Waals surface area contributed by atoms with Crippen LogP contribution in [0.25, 0.3) is 0 Å². The van der Waals surface area contributed by atoms with Gasteiger partial charge in [0.2, 0.25) is 5.91 Å². The molecule has 3 unspecified atom stereocenters. The van der Waals surface area contributed by atoms with Crippen molar-refractivity contribution < 1.29 is 14.7 Å². The van der Waals surface area contributed by atoms with Gasteiger partial charge in [-0.3, -0.25) is 4.79 Å². The van der Waals surface area contributed by atoms with E-state index in [1.807, 2.05) is 0 Å². The number of anilines is 1. The smallest absolute Gasteiger partial charge is 0.336 e. The fraction of sp³-hybridized carbons (Fsp3) is 0.500. The normalized spacial score (nSPS) is 27.6. The highest BCUT2D eigenvalue weighted by Crippen LogP contribution is 2.48. The zero-order chi connectivity index (χ0) is 14.3. The lowest BCUT2D eigenvalue weighted by molar-refractivity contribution is -0.121. The summed E-state index contributed by atoms with van der Waals surface area (Å²) in [5.74, 6) is 0.465. The number of carbonyl (C=O) groups excluding carboxylic acids is 1. The number of fused-ring (bicyclic) bond motifs is 2. The third-order valence-corrected chi connectivity index (χ3v) is 4.81. The summed E-state index contributed by atoms with van der Waals surface area (Å²) in [5, 5.41) is 12.0. The lowest BCUT2D eigenvalue weighted by Crippen LogP contribution is -2.27. The highest BCUT2D eigenvalue weighted by atomic mass is 16.4. The first-order valence-electron chi connectivity index (χ1n) is 7.19. The first-order chi connectivity index (χ1) is 9.54. The van der Waals surface area contributed by atoms with Gasteiger partial charge in [-0.05, 0) is 55.7 Å². The van der Waals surface area contributed by atoms with Gasteiger partial charge in [-0.15, -0.1) is 0 Å². The molecule has 2 saturated carbocycles. The van der Waals surface area contributed by atoms with Crippen LogP contribution in [0.1, 0.15) is 41.6 Å². The van der Waals surface area contributed by atoms with E-state index in [9.17, 15) is 9.59 Å². The fourth-order valence-corrected chi connectivity index (χ4v) is 3.73. The van der Waals surface area contributed by atoms with Gasteiger partial charge in [-0.1, -0.05) is 12.5 Å². The molecule has 1 amide bonds. The van der Waals surface area contributed by atoms with Crippen molar-refractivity contribution in [2.24, 2.45) is 17.8 Å². The Labute approximate surface area is 118 Å². The molecule has 4 nitrogen and oxygen atoms in total. The molecule has 2 aliphatic rings. The molecule has 0 saturated heterocycles. The number of benzene rings is 1. The second kappa shape index (κ2) is 4.93. The third kappa shape index (κ3) is 2.30. The Morgan fingerprint density at radius 3 is 2.65 bits per heavy atom. The van der Waals surface area contributed by atoms with Gasteiger partial charge in [0.25, 0.3) is 0 Å². The number of aromatic carboxylic acids is 1. The van der Waals surface area contributed by atoms with Crippen LogP contribution in [0.4, 0.5) is 5.69 Å². The monoisotopic (exact) mass is 273 g/mol. The minimum absolute atomic E-state index is 0.0531. The highest BCUT2D eigenvalue weighted by molar-refractivity contribution is 5.96. The van der Waals surface area contributed by atoms with Gasteiger partial charge in [0, 0.05) is 11.6 Å². The number of rotatable bonds is 3. The van der Waals surface area contributed by atoms with Gasteiger partial charge < -0.3 is 10.4 Å². The molecule has 106 valence electrons. The van der Waals surface area contributed by atoms with E-state index in [0.29, 0.717) is 17.2 Å². The second-order valence-corrected chi connectivity index (χ2v) is 6.11. The van der Waals surface area contributed by atoms with Gasteiger partial charge in [-0.25, -0.2) is 4.79 Å². The summed E-state index contributed by atoms with van der Waals surface area (Å²) in [4.78, 5) is 23.4. The maximum absolute atomic E-state index is 12.3. The van der Waals surface area contributed by atoms with Crippen molar-refractivity contribution in [3.8, 4) is 0 Å². The Morgan fingerprint density at radius 2 is 2.05 bits per heavy atom. The Balaban J connectivity index is 1.73. The summed E-state index contributed by atoms with van der Waals surface area (Å²) in [5.41, 5.74) is 1.53. The lowest BCUT2D eigenvalue weighted by atomic mass is 9.88. The zero-order valence-electron chi connectivity index (χ0n) is 11.6. The van der Waals surface area contributed by atoms with Gasteiger partial charge in [0.15, 0.2) is 0 Å². The number of carboxylic acids is 1. The lowest BCUT2D eigenvalue weighted by Gasteiger charge is -2.21. The van der Waals surface area contributed by atoms with E-state index in [4.69, 9.17) is 5.11 Å². The van der Waals surface area contributed by atoms with Crippen molar-refractivity contribution in [1.29, 1.82) is 0 Å². The summed E-state index contributed by atoms with van der Waals surface area (Å²) >= 11 is 0. The maximum atomic E-state index is 12.3. The summed E-state index contributed by atoms with van der Waals surface area (Å²) in [6.45, 7) is 1.75. The molecular weight excluding hydrogens is 254 g/mol. The first-order valence-corrected chi connectivity index (χ1v) is 7.19. The molecule has 2 fully saturated rings. The van der Waals surface area contributed by atoms with Crippen LogP contribution in [0.15, 0.2) is 18.2 Å². The molecule has 3 rings (SSSR count). The van der Waals surface area contributed by atoms with Crippen LogP contribution in [0, 0.1) is 24.7 Å². The van der Waals surface area contributed by atoms with Crippen LogP contribution in [0.2, 0.25) is 0 Å². The largest absolute Gasteiger partial charge is 0.478 e. The van der Waals surface area contributed by atoms with Gasteiger partial charge in [0.1, 0.15) is 0 Å². The first kappa shape index (κ1) is 13.2. The molecule has 4 heteroatoms. The van der Waals surface area contributed by atoms with Crippen molar-refractivity contribution in [2.45, 2.75) is 32.6 Å². The molecule has 0 aromatic heterocycles. The maximum Gasteiger partial charge on any atom is 0.336 e. The van der Waals surface area contributed by atoms with Crippen molar-refractivity contribution in [1.82, 2.24) is 0 Å². The highest BCUT2D eigenvalue weighted by Gasteiger charge is 2.43. The fourth-order valence-electron chi connectivity index (χ4n) is 3.73. The predicted octanol–water partition coefficient (Wildman–Crippen LogP) is 3.07. The summed E-state index contributed by atoms with van der Waals surface area (Å²) in [6, 6.07) is 5.05. The number of carbonyl (C=O) groups is 2. The molecule has 1 aromatic carbocycles. The summed E-state index contributed by atoms with van der Waals surface area (Å²) in [6.07, 6.45) is 4.61. The van der Waals surface area contributed by atoms with Gasteiger partial charge >= 0.3 is 5.97 Å². The van der Waals surface area contributed by atoms with E-state index in [0.717, 1.165) is 18.8 Å². The molecule has 0 heterocycles. The Bertz CT molecular complexity index is 567. The van der Waals surface area contributed by atoms with E-state index in [1.165, 1.54) is 12.8 Å². The number of aryl methyl sites for hydroxylation is 1. The second-order valence-electron chi connectivity index (χ2n) is 6.11. The third-order valence-electron chi connectivity index (χ3n) is 4.81. The van der Waals surface area contributed by atoms with Crippen LogP contribution >= 0.6 is 0 Å². The van der Waals surface area contributed by atoms with Crippen LogP contribution in [0.3, 0.4) is 0 Å². The van der Waals surface area contributed by atoms with E-state index >= 15 is 0 Å². The molecule has 3 atom stereocenters. The van der Waals surface area contributed by atoms with Gasteiger partial charge in [-0.2, -0.15) is 0 Å². The quantitative estimate of drug-likeness (QED) is 0.889. The van der Waals surface area contributed by atoms with Crippen molar-refractivity contribution in [3.05, 3.63) is 29.3 Å². The van der Waals surface area contributed by atoms with Crippen LogP contribution in [-0.4, -0.2) is 17.0 Å². The molecule has 2 N–H and O–H groups in total. The van der Waals surface area contributed by atoms with E-state index < -0.39 is 5.97 Å². The molecule has 20 heavy (non-hydrogen) atoms. The van der Waals surface area contributed by atoms with Crippen LogP contribution in [-0.2, 0) is 4.79 Å². The summed E-state index contributed by atoms with van der Waals surface area (Å²) < 4.78 is 0. The van der Waals surface area contributed by atoms with Crippen molar-refractivity contribution >= 4 is 17.6 Å². The molecule has 2 bridgehead atoms. The Kier molecular flexibility index (Phi) is 3.24. The SMILES string of the molecule is Cc1ccc(NC(=O)C2CC3CCC2C3)cc1C(=O)O. The Morgan fingerprint density at radius 1 is 1.25 bits per heavy atom. The number of nitrogens with one attached hydrogen (secondary N) is 1. The average Bonchev–Trinajstić information content (AvgIpc) is 3.03. The number of hydrogen-bond donors (Lipinski definition) is 2. The number of carboxylic acid groups (broad SMARTS) is 1. The molecular formula is C16H19NO3. The Hall–Kier alpha value is -1.84. The molecule has 2 aliphatic carbocycles. The summed E-state index contributed by atoms with van der Waals surface area (Å²) in [7, 11) is 0. The molecule has 1 aromatic rings. The topological polar surface area (TPSA) is 66.4 Å². The van der Waals surface area contributed by atoms with Crippen LogP contribution in [0.5, 0.6) is 0 Å². The van der Waals surface area contributed by atoms with E-state index in [2.05, 4.69) is 5.32 Å². The molecule has 0 radical (unpaired) electrons. The van der Waals surface area contributed by atoms with Crippen molar-refractivity contribution in [3.63, 3.8) is 0 Å². The molecule has 0 spiro atoms. The van der Waals surface area contributed by atoms with Crippen LogP contribution < -0.4 is 5.32 Å². The minimum atomic E-state index is -0.960. The van der Waals surface area contributed by atoms with Crippen molar-refractivity contribution in [2.75, 3.05) is 5.32 Å². The average molecular weight is 273 g/mol. The number of hydrogen-bond acceptors (Lipinski definition) is 2. The predicted molar refractivity (Wildman–Crippen MR) is 75.7 cm³/mol.